The highest BCUT2D eigenvalue weighted by atomic mass is 32.1. The molecule has 1 amide bonds. The third-order valence-corrected chi connectivity index (χ3v) is 5.32. The van der Waals surface area contributed by atoms with Gasteiger partial charge in [-0.2, -0.15) is 0 Å². The van der Waals surface area contributed by atoms with Crippen LogP contribution >= 0.6 is 11.3 Å². The second kappa shape index (κ2) is 5.57. The number of hydrogen-bond acceptors (Lipinski definition) is 6. The first-order chi connectivity index (χ1) is 9.67. The fraction of sp³-hybridized carbons (Fsp3) is 0.692. The molecule has 1 aromatic rings. The second-order valence-electron chi connectivity index (χ2n) is 5.51. The minimum Gasteiger partial charge on any atom is -0.382 e. The zero-order chi connectivity index (χ0) is 14.1. The Labute approximate surface area is 122 Å². The van der Waals surface area contributed by atoms with Crippen LogP contribution in [0.2, 0.25) is 0 Å². The van der Waals surface area contributed by atoms with Gasteiger partial charge in [-0.1, -0.05) is 11.3 Å². The number of nitrogen functional groups attached to an aromatic ring is 1. The average Bonchev–Trinajstić information content (AvgIpc) is 3.04. The molecule has 0 spiro atoms. The van der Waals surface area contributed by atoms with E-state index in [1.165, 1.54) is 30.7 Å². The predicted molar refractivity (Wildman–Crippen MR) is 81.2 cm³/mol. The van der Waals surface area contributed by atoms with Crippen molar-refractivity contribution in [3.05, 3.63) is 4.88 Å². The number of carbonyl (C=O) groups is 1. The molecule has 2 fully saturated rings. The summed E-state index contributed by atoms with van der Waals surface area (Å²) in [6.45, 7) is 2.31. The van der Waals surface area contributed by atoms with Gasteiger partial charge in [0, 0.05) is 25.7 Å². The smallest absolute Gasteiger partial charge is 0.265 e. The summed E-state index contributed by atoms with van der Waals surface area (Å²) in [4.78, 5) is 19.5. The molecule has 2 aliphatic rings. The third kappa shape index (κ3) is 2.60. The minimum atomic E-state index is -0.0852. The van der Waals surface area contributed by atoms with Gasteiger partial charge in [-0.05, 0) is 32.2 Å². The lowest BCUT2D eigenvalue weighted by Crippen LogP contribution is -2.47. The summed E-state index contributed by atoms with van der Waals surface area (Å²) in [7, 11) is 1.77. The van der Waals surface area contributed by atoms with E-state index in [0.717, 1.165) is 19.4 Å². The molecule has 110 valence electrons. The number of rotatable bonds is 3. The van der Waals surface area contributed by atoms with Crippen LogP contribution in [0.25, 0.3) is 0 Å². The molecule has 3 heterocycles. The van der Waals surface area contributed by atoms with Crippen molar-refractivity contribution in [2.45, 2.75) is 37.8 Å². The van der Waals surface area contributed by atoms with E-state index in [4.69, 9.17) is 5.73 Å². The van der Waals surface area contributed by atoms with Gasteiger partial charge in [0.05, 0.1) is 0 Å². The van der Waals surface area contributed by atoms with Crippen LogP contribution in [0.4, 0.5) is 10.9 Å². The molecule has 2 atom stereocenters. The van der Waals surface area contributed by atoms with Crippen LogP contribution in [0.3, 0.4) is 0 Å². The molecule has 3 rings (SSSR count). The zero-order valence-electron chi connectivity index (χ0n) is 11.7. The molecule has 1 aromatic heterocycles. The van der Waals surface area contributed by atoms with Crippen molar-refractivity contribution in [3.63, 3.8) is 0 Å². The van der Waals surface area contributed by atoms with E-state index in [-0.39, 0.29) is 11.9 Å². The molecule has 20 heavy (non-hydrogen) atoms. The van der Waals surface area contributed by atoms with Gasteiger partial charge < -0.3 is 21.3 Å². The summed E-state index contributed by atoms with van der Waals surface area (Å²) in [6, 6.07) is 0.919. The molecule has 4 N–H and O–H groups in total. The molecule has 0 bridgehead atoms. The number of fused-ring (bicyclic) bond motifs is 1. The Morgan fingerprint density at radius 1 is 1.45 bits per heavy atom. The molecular weight excluding hydrogens is 274 g/mol. The van der Waals surface area contributed by atoms with E-state index in [1.807, 2.05) is 0 Å². The lowest BCUT2D eigenvalue weighted by Gasteiger charge is -2.35. The van der Waals surface area contributed by atoms with Crippen molar-refractivity contribution in [1.82, 2.24) is 15.2 Å². The van der Waals surface area contributed by atoms with E-state index in [9.17, 15) is 4.79 Å². The number of anilines is 2. The quantitative estimate of drug-likeness (QED) is 0.778. The van der Waals surface area contributed by atoms with Crippen molar-refractivity contribution in [2.24, 2.45) is 0 Å². The van der Waals surface area contributed by atoms with Crippen LogP contribution < -0.4 is 16.4 Å². The molecule has 0 saturated carbocycles. The van der Waals surface area contributed by atoms with Crippen molar-refractivity contribution in [2.75, 3.05) is 31.2 Å². The highest BCUT2D eigenvalue weighted by Crippen LogP contribution is 2.28. The molecule has 2 aliphatic heterocycles. The summed E-state index contributed by atoms with van der Waals surface area (Å²) in [5, 5.41) is 6.72. The lowest BCUT2D eigenvalue weighted by atomic mass is 9.97. The van der Waals surface area contributed by atoms with Crippen LogP contribution in [0.5, 0.6) is 0 Å². The zero-order valence-corrected chi connectivity index (χ0v) is 12.5. The summed E-state index contributed by atoms with van der Waals surface area (Å²) < 4.78 is 0. The van der Waals surface area contributed by atoms with Gasteiger partial charge in [-0.3, -0.25) is 4.79 Å². The fourth-order valence-corrected chi connectivity index (χ4v) is 3.95. The largest absolute Gasteiger partial charge is 0.382 e. The molecule has 2 unspecified atom stereocenters. The van der Waals surface area contributed by atoms with Crippen LogP contribution in [0.15, 0.2) is 0 Å². The summed E-state index contributed by atoms with van der Waals surface area (Å²) >= 11 is 1.31. The molecule has 0 aliphatic carbocycles. The van der Waals surface area contributed by atoms with E-state index in [1.54, 1.807) is 7.05 Å². The highest BCUT2D eigenvalue weighted by Gasteiger charge is 2.32. The molecular formula is C13H21N5OS. The number of nitrogens with zero attached hydrogens (tertiary/aromatic N) is 2. The molecule has 7 heteroatoms. The van der Waals surface area contributed by atoms with Crippen LogP contribution in [0.1, 0.15) is 35.4 Å². The Morgan fingerprint density at radius 2 is 2.30 bits per heavy atom. The van der Waals surface area contributed by atoms with Gasteiger partial charge in [0.1, 0.15) is 10.7 Å². The summed E-state index contributed by atoms with van der Waals surface area (Å²) in [5.41, 5.74) is 5.80. The number of amides is 1. The first-order valence-corrected chi connectivity index (χ1v) is 7.98. The van der Waals surface area contributed by atoms with E-state index >= 15 is 0 Å². The first kappa shape index (κ1) is 13.6. The van der Waals surface area contributed by atoms with Crippen molar-refractivity contribution < 1.29 is 4.79 Å². The van der Waals surface area contributed by atoms with Gasteiger partial charge in [-0.15, -0.1) is 0 Å². The Morgan fingerprint density at radius 3 is 3.05 bits per heavy atom. The maximum absolute atomic E-state index is 12.3. The average molecular weight is 295 g/mol. The SMILES string of the molecule is CNc1nc(N)c(C(=O)NC2CCN3CCCC3C2)s1. The van der Waals surface area contributed by atoms with E-state index < -0.39 is 0 Å². The Kier molecular flexibility index (Phi) is 3.80. The third-order valence-electron chi connectivity index (χ3n) is 4.23. The Hall–Kier alpha value is -1.34. The molecule has 0 radical (unpaired) electrons. The number of nitrogens with one attached hydrogen (secondary N) is 2. The molecule has 6 nitrogen and oxygen atoms in total. The van der Waals surface area contributed by atoms with Crippen LogP contribution in [0, 0.1) is 0 Å². The standard InChI is InChI=1S/C13H21N5OS/c1-15-13-17-11(14)10(20-13)12(19)16-8-4-6-18-5-2-3-9(18)7-8/h8-9H,2-7,14H2,1H3,(H,15,17)(H,16,19). The van der Waals surface area contributed by atoms with Gasteiger partial charge in [0.15, 0.2) is 5.13 Å². The van der Waals surface area contributed by atoms with Gasteiger partial charge in [0.25, 0.3) is 5.91 Å². The monoisotopic (exact) mass is 295 g/mol. The summed E-state index contributed by atoms with van der Waals surface area (Å²) in [5.74, 6) is 0.230. The Bertz CT molecular complexity index is 503. The van der Waals surface area contributed by atoms with Crippen molar-refractivity contribution >= 4 is 28.2 Å². The number of piperidine rings is 1. The maximum atomic E-state index is 12.3. The topological polar surface area (TPSA) is 83.3 Å². The number of carbonyl (C=O) groups excluding carboxylic acids is 1. The van der Waals surface area contributed by atoms with Crippen LogP contribution in [-0.2, 0) is 0 Å². The van der Waals surface area contributed by atoms with Gasteiger partial charge >= 0.3 is 0 Å². The molecule has 0 aromatic carbocycles. The fourth-order valence-electron chi connectivity index (χ4n) is 3.21. The highest BCUT2D eigenvalue weighted by molar-refractivity contribution is 7.18. The second-order valence-corrected chi connectivity index (χ2v) is 6.51. The van der Waals surface area contributed by atoms with E-state index in [2.05, 4.69) is 20.5 Å². The van der Waals surface area contributed by atoms with Gasteiger partial charge in [-0.25, -0.2) is 4.98 Å². The summed E-state index contributed by atoms with van der Waals surface area (Å²) in [6.07, 6.45) is 4.64. The van der Waals surface area contributed by atoms with Crippen LogP contribution in [-0.4, -0.2) is 48.0 Å². The predicted octanol–water partition coefficient (Wildman–Crippen LogP) is 1.12. The van der Waals surface area contributed by atoms with Gasteiger partial charge in [0.2, 0.25) is 0 Å². The number of thiazole rings is 1. The number of aromatic nitrogens is 1. The maximum Gasteiger partial charge on any atom is 0.265 e. The normalized spacial score (nSPS) is 26.2. The number of hydrogen-bond donors (Lipinski definition) is 3. The van der Waals surface area contributed by atoms with Crippen molar-refractivity contribution in [1.29, 1.82) is 0 Å². The first-order valence-electron chi connectivity index (χ1n) is 7.16. The lowest BCUT2D eigenvalue weighted by molar-refractivity contribution is 0.0901. The Balaban J connectivity index is 1.62. The minimum absolute atomic E-state index is 0.0852. The van der Waals surface area contributed by atoms with Crippen molar-refractivity contribution in [3.8, 4) is 0 Å². The number of nitrogens with two attached hydrogens (primary N) is 1. The molecule has 2 saturated heterocycles. The van der Waals surface area contributed by atoms with E-state index in [0.29, 0.717) is 21.9 Å².